The third kappa shape index (κ3) is 1.37. The largest absolute Gasteiger partial charge is 0.382 e. The summed E-state index contributed by atoms with van der Waals surface area (Å²) in [6, 6.07) is 9.88. The molecule has 2 N–H and O–H groups in total. The lowest BCUT2D eigenvalue weighted by molar-refractivity contribution is 0.845. The average Bonchev–Trinajstić information content (AvgIpc) is 2.81. The number of anilines is 1. The van der Waals surface area contributed by atoms with Crippen LogP contribution in [-0.2, 0) is 0 Å². The highest BCUT2D eigenvalue weighted by Crippen LogP contribution is 2.25. The van der Waals surface area contributed by atoms with E-state index in [0.29, 0.717) is 5.82 Å². The molecule has 2 aromatic heterocycles. The fraction of sp³-hybridized carbons (Fsp3) is 0.0909. The van der Waals surface area contributed by atoms with Gasteiger partial charge in [0, 0.05) is 11.8 Å². The molecule has 0 aliphatic carbocycles. The lowest BCUT2D eigenvalue weighted by atomic mass is 10.3. The molecule has 0 amide bonds. The molecule has 1 aromatic carbocycles. The maximum atomic E-state index is 5.66. The molecular formula is C11H10N4S. The van der Waals surface area contributed by atoms with Crippen LogP contribution in [0.15, 0.2) is 30.3 Å². The first-order chi connectivity index (χ1) is 7.74. The van der Waals surface area contributed by atoms with Crippen molar-refractivity contribution in [2.24, 2.45) is 0 Å². The first-order valence-corrected chi connectivity index (χ1v) is 5.74. The monoisotopic (exact) mass is 230 g/mol. The fourth-order valence-corrected chi connectivity index (χ4v) is 2.62. The summed E-state index contributed by atoms with van der Waals surface area (Å²) in [6.07, 6.45) is 0. The maximum Gasteiger partial charge on any atom is 0.211 e. The van der Waals surface area contributed by atoms with E-state index < -0.39 is 0 Å². The van der Waals surface area contributed by atoms with Crippen LogP contribution >= 0.6 is 11.3 Å². The number of para-hydroxylation sites is 1. The second-order valence-electron chi connectivity index (χ2n) is 3.59. The molecule has 4 nitrogen and oxygen atoms in total. The number of fused-ring (bicyclic) bond motifs is 1. The predicted octanol–water partition coefficient (Wildman–Crippen LogP) is 2.37. The minimum Gasteiger partial charge on any atom is -0.382 e. The van der Waals surface area contributed by atoms with Gasteiger partial charge in [-0.25, -0.2) is 9.67 Å². The minimum atomic E-state index is 0.525. The first kappa shape index (κ1) is 9.35. The molecule has 5 heteroatoms. The van der Waals surface area contributed by atoms with Crippen molar-refractivity contribution in [1.29, 1.82) is 0 Å². The molecule has 0 saturated carbocycles. The zero-order valence-electron chi connectivity index (χ0n) is 8.71. The van der Waals surface area contributed by atoms with Gasteiger partial charge in [0.2, 0.25) is 5.13 Å². The summed E-state index contributed by atoms with van der Waals surface area (Å²) < 4.78 is 2.94. The number of thiazole rings is 1. The van der Waals surface area contributed by atoms with Crippen LogP contribution in [0.1, 0.15) is 5.69 Å². The van der Waals surface area contributed by atoms with Crippen LogP contribution in [0.25, 0.3) is 15.3 Å². The van der Waals surface area contributed by atoms with Crippen molar-refractivity contribution in [3.05, 3.63) is 36.0 Å². The van der Waals surface area contributed by atoms with Crippen molar-refractivity contribution in [1.82, 2.24) is 14.8 Å². The number of nitrogens with two attached hydrogens (primary N) is 1. The lowest BCUT2D eigenvalue weighted by Gasteiger charge is -1.96. The van der Waals surface area contributed by atoms with Crippen molar-refractivity contribution in [3.8, 4) is 5.13 Å². The molecule has 0 saturated heterocycles. The van der Waals surface area contributed by atoms with E-state index in [1.54, 1.807) is 16.0 Å². The average molecular weight is 230 g/mol. The molecule has 0 atom stereocenters. The van der Waals surface area contributed by atoms with Crippen LogP contribution in [-0.4, -0.2) is 14.8 Å². The Morgan fingerprint density at radius 3 is 2.81 bits per heavy atom. The van der Waals surface area contributed by atoms with E-state index >= 15 is 0 Å². The summed E-state index contributed by atoms with van der Waals surface area (Å²) >= 11 is 1.61. The van der Waals surface area contributed by atoms with Gasteiger partial charge in [0.1, 0.15) is 5.82 Å². The zero-order chi connectivity index (χ0) is 11.1. The first-order valence-electron chi connectivity index (χ1n) is 4.92. The van der Waals surface area contributed by atoms with Gasteiger partial charge in [-0.05, 0) is 19.1 Å². The highest BCUT2D eigenvalue weighted by Gasteiger charge is 2.09. The van der Waals surface area contributed by atoms with Crippen molar-refractivity contribution in [2.45, 2.75) is 6.92 Å². The van der Waals surface area contributed by atoms with E-state index in [1.807, 2.05) is 31.2 Å². The second kappa shape index (κ2) is 3.31. The summed E-state index contributed by atoms with van der Waals surface area (Å²) in [7, 11) is 0. The SMILES string of the molecule is Cc1cc(N)nn1-c1nc2ccccc2s1. The van der Waals surface area contributed by atoms with E-state index in [1.165, 1.54) is 0 Å². The smallest absolute Gasteiger partial charge is 0.211 e. The maximum absolute atomic E-state index is 5.66. The van der Waals surface area contributed by atoms with Gasteiger partial charge >= 0.3 is 0 Å². The van der Waals surface area contributed by atoms with E-state index in [-0.39, 0.29) is 0 Å². The molecule has 0 aliphatic rings. The van der Waals surface area contributed by atoms with Gasteiger partial charge in [-0.3, -0.25) is 0 Å². The zero-order valence-corrected chi connectivity index (χ0v) is 9.53. The van der Waals surface area contributed by atoms with Gasteiger partial charge in [0.05, 0.1) is 10.2 Å². The third-order valence-electron chi connectivity index (χ3n) is 2.37. The molecule has 0 unspecified atom stereocenters. The number of aryl methyl sites for hydroxylation is 1. The van der Waals surface area contributed by atoms with Gasteiger partial charge in [-0.1, -0.05) is 23.5 Å². The molecule has 16 heavy (non-hydrogen) atoms. The molecule has 0 radical (unpaired) electrons. The van der Waals surface area contributed by atoms with Gasteiger partial charge in [-0.15, -0.1) is 5.10 Å². The van der Waals surface area contributed by atoms with Crippen molar-refractivity contribution < 1.29 is 0 Å². The topological polar surface area (TPSA) is 56.7 Å². The number of rotatable bonds is 1. The lowest BCUT2D eigenvalue weighted by Crippen LogP contribution is -1.98. The molecule has 3 rings (SSSR count). The summed E-state index contributed by atoms with van der Waals surface area (Å²) in [5.41, 5.74) is 7.65. The summed E-state index contributed by atoms with van der Waals surface area (Å²) in [6.45, 7) is 1.97. The second-order valence-corrected chi connectivity index (χ2v) is 4.60. The molecule has 80 valence electrons. The third-order valence-corrected chi connectivity index (χ3v) is 3.38. The Balaban J connectivity index is 2.22. The van der Waals surface area contributed by atoms with Crippen LogP contribution in [0, 0.1) is 6.92 Å². The van der Waals surface area contributed by atoms with Crippen LogP contribution in [0.3, 0.4) is 0 Å². The van der Waals surface area contributed by atoms with E-state index in [2.05, 4.69) is 16.1 Å². The summed E-state index contributed by atoms with van der Waals surface area (Å²) in [4.78, 5) is 4.52. The number of aromatic nitrogens is 3. The predicted molar refractivity (Wildman–Crippen MR) is 65.9 cm³/mol. The molecule has 0 aliphatic heterocycles. The fourth-order valence-electron chi connectivity index (χ4n) is 1.64. The van der Waals surface area contributed by atoms with Crippen LogP contribution < -0.4 is 5.73 Å². The molecule has 3 aromatic rings. The van der Waals surface area contributed by atoms with Crippen molar-refractivity contribution in [3.63, 3.8) is 0 Å². The normalized spacial score (nSPS) is 11.1. The Bertz CT molecular complexity index is 620. The minimum absolute atomic E-state index is 0.525. The highest BCUT2D eigenvalue weighted by atomic mass is 32.1. The Hall–Kier alpha value is -1.88. The van der Waals surface area contributed by atoms with Crippen LogP contribution in [0.5, 0.6) is 0 Å². The van der Waals surface area contributed by atoms with E-state index in [0.717, 1.165) is 21.0 Å². The summed E-state index contributed by atoms with van der Waals surface area (Å²) in [5, 5.41) is 5.07. The van der Waals surface area contributed by atoms with Gasteiger partial charge in [0.15, 0.2) is 0 Å². The highest BCUT2D eigenvalue weighted by molar-refractivity contribution is 7.20. The van der Waals surface area contributed by atoms with Gasteiger partial charge < -0.3 is 5.73 Å². The number of nitrogens with zero attached hydrogens (tertiary/aromatic N) is 3. The molecular weight excluding hydrogens is 220 g/mol. The molecule has 0 spiro atoms. The van der Waals surface area contributed by atoms with Crippen LogP contribution in [0.2, 0.25) is 0 Å². The van der Waals surface area contributed by atoms with E-state index in [4.69, 9.17) is 5.73 Å². The van der Waals surface area contributed by atoms with E-state index in [9.17, 15) is 0 Å². The molecule has 0 bridgehead atoms. The quantitative estimate of drug-likeness (QED) is 0.698. The molecule has 0 fully saturated rings. The Labute approximate surface area is 96.3 Å². The van der Waals surface area contributed by atoms with Crippen molar-refractivity contribution >= 4 is 27.4 Å². The van der Waals surface area contributed by atoms with Crippen LogP contribution in [0.4, 0.5) is 5.82 Å². The Morgan fingerprint density at radius 2 is 2.12 bits per heavy atom. The number of hydrogen-bond acceptors (Lipinski definition) is 4. The number of nitrogen functional groups attached to an aromatic ring is 1. The standard InChI is InChI=1S/C11H10N4S/c1-7-6-10(12)14-15(7)11-13-8-4-2-3-5-9(8)16-11/h2-6H,1H3,(H2,12,14). The number of hydrogen-bond donors (Lipinski definition) is 1. The van der Waals surface area contributed by atoms with Gasteiger partial charge in [0.25, 0.3) is 0 Å². The summed E-state index contributed by atoms with van der Waals surface area (Å²) in [5.74, 6) is 0.525. The molecule has 2 heterocycles. The Kier molecular flexibility index (Phi) is 1.94. The Morgan fingerprint density at radius 1 is 1.31 bits per heavy atom. The van der Waals surface area contributed by atoms with Crippen molar-refractivity contribution in [2.75, 3.05) is 5.73 Å². The number of benzene rings is 1. The van der Waals surface area contributed by atoms with Gasteiger partial charge in [-0.2, -0.15) is 0 Å².